The van der Waals surface area contributed by atoms with Crippen LogP contribution in [0, 0.1) is 0 Å². The monoisotopic (exact) mass is 148 g/mol. The van der Waals surface area contributed by atoms with Gasteiger partial charge in [-0.05, 0) is 6.42 Å². The number of hydrogen-bond acceptors (Lipinski definition) is 2. The van der Waals surface area contributed by atoms with E-state index >= 15 is 0 Å². The number of aromatic nitrogens is 2. The van der Waals surface area contributed by atoms with Gasteiger partial charge < -0.3 is 0 Å². The van der Waals surface area contributed by atoms with Crippen LogP contribution in [0.15, 0.2) is 23.1 Å². The second-order valence-electron chi connectivity index (χ2n) is 2.49. The van der Waals surface area contributed by atoms with Crippen LogP contribution in [0.5, 0.6) is 0 Å². The van der Waals surface area contributed by atoms with Gasteiger partial charge in [-0.3, -0.25) is 9.36 Å². The fourth-order valence-corrected chi connectivity index (χ4v) is 1.19. The Bertz CT molecular complexity index is 351. The van der Waals surface area contributed by atoms with Crippen molar-refractivity contribution in [3.8, 4) is 0 Å². The molecule has 11 heavy (non-hydrogen) atoms. The summed E-state index contributed by atoms with van der Waals surface area (Å²) in [5.41, 5.74) is 0.00551. The van der Waals surface area contributed by atoms with Crippen LogP contribution in [0.1, 0.15) is 12.2 Å². The molecule has 3 nitrogen and oxygen atoms in total. The first kappa shape index (κ1) is 6.34. The van der Waals surface area contributed by atoms with Crippen LogP contribution in [0.25, 0.3) is 6.20 Å². The maximum Gasteiger partial charge on any atom is 0.257 e. The molecule has 0 unspecified atom stereocenters. The Morgan fingerprint density at radius 3 is 3.27 bits per heavy atom. The molecule has 1 aliphatic rings. The van der Waals surface area contributed by atoms with Crippen LogP contribution in [0.3, 0.4) is 0 Å². The summed E-state index contributed by atoms with van der Waals surface area (Å²) in [4.78, 5) is 15.2. The molecule has 56 valence electrons. The predicted molar refractivity (Wildman–Crippen MR) is 42.1 cm³/mol. The van der Waals surface area contributed by atoms with E-state index in [1.165, 1.54) is 6.07 Å². The Balaban J connectivity index is 2.70. The van der Waals surface area contributed by atoms with E-state index in [1.54, 1.807) is 17.0 Å². The van der Waals surface area contributed by atoms with E-state index in [-0.39, 0.29) is 5.56 Å². The molecule has 0 aromatic carbocycles. The lowest BCUT2D eigenvalue weighted by Gasteiger charge is -2.09. The predicted octanol–water partition coefficient (Wildman–Crippen LogP) is 0.660. The molecule has 0 saturated heterocycles. The van der Waals surface area contributed by atoms with Gasteiger partial charge in [-0.15, -0.1) is 0 Å². The molecule has 1 aromatic heterocycles. The van der Waals surface area contributed by atoms with Crippen molar-refractivity contribution in [1.29, 1.82) is 0 Å². The third-order valence-electron chi connectivity index (χ3n) is 1.75. The van der Waals surface area contributed by atoms with Gasteiger partial charge >= 0.3 is 0 Å². The molecule has 0 aliphatic carbocycles. The van der Waals surface area contributed by atoms with Gasteiger partial charge in [0.25, 0.3) is 5.56 Å². The van der Waals surface area contributed by atoms with Crippen LogP contribution in [0.4, 0.5) is 0 Å². The zero-order valence-corrected chi connectivity index (χ0v) is 6.03. The van der Waals surface area contributed by atoms with Crippen LogP contribution in [-0.4, -0.2) is 9.55 Å². The van der Waals surface area contributed by atoms with Crippen LogP contribution in [-0.2, 0) is 6.42 Å². The van der Waals surface area contributed by atoms with Crippen LogP contribution >= 0.6 is 0 Å². The van der Waals surface area contributed by atoms with E-state index < -0.39 is 0 Å². The van der Waals surface area contributed by atoms with Gasteiger partial charge in [0.2, 0.25) is 0 Å². The third kappa shape index (κ3) is 0.981. The molecule has 0 fully saturated rings. The Labute approximate surface area is 64.0 Å². The molecule has 2 heterocycles. The molecule has 0 amide bonds. The lowest BCUT2D eigenvalue weighted by molar-refractivity contribution is 0.783. The molecule has 3 heteroatoms. The first-order chi connectivity index (χ1) is 5.38. The smallest absolute Gasteiger partial charge is 0.257 e. The van der Waals surface area contributed by atoms with Gasteiger partial charge in [0.05, 0.1) is 0 Å². The molecule has 2 rings (SSSR count). The zero-order valence-electron chi connectivity index (χ0n) is 6.03. The first-order valence-corrected chi connectivity index (χ1v) is 3.61. The average Bonchev–Trinajstić information content (AvgIpc) is 2.06. The summed E-state index contributed by atoms with van der Waals surface area (Å²) in [7, 11) is 0. The van der Waals surface area contributed by atoms with Crippen molar-refractivity contribution in [3.63, 3.8) is 0 Å². The Morgan fingerprint density at radius 2 is 2.45 bits per heavy atom. The SMILES string of the molecule is O=c1ccnc2n1C=CCC2. The maximum absolute atomic E-state index is 11.1. The molecule has 0 N–H and O–H groups in total. The lowest BCUT2D eigenvalue weighted by atomic mass is 10.2. The summed E-state index contributed by atoms with van der Waals surface area (Å²) in [5, 5.41) is 0. The van der Waals surface area contributed by atoms with Crippen molar-refractivity contribution in [2.75, 3.05) is 0 Å². The summed E-state index contributed by atoms with van der Waals surface area (Å²) in [5.74, 6) is 0.861. The minimum absolute atomic E-state index is 0.00551. The second kappa shape index (κ2) is 2.34. The largest absolute Gasteiger partial charge is 0.272 e. The first-order valence-electron chi connectivity index (χ1n) is 3.61. The molecular weight excluding hydrogens is 140 g/mol. The molecule has 1 aromatic rings. The lowest BCUT2D eigenvalue weighted by Crippen LogP contribution is -2.21. The van der Waals surface area contributed by atoms with Crippen molar-refractivity contribution in [3.05, 3.63) is 34.5 Å². The van der Waals surface area contributed by atoms with E-state index in [9.17, 15) is 4.79 Å². The Morgan fingerprint density at radius 1 is 1.55 bits per heavy atom. The quantitative estimate of drug-likeness (QED) is 0.541. The van der Waals surface area contributed by atoms with E-state index in [1.807, 2.05) is 6.08 Å². The van der Waals surface area contributed by atoms with Gasteiger partial charge in [-0.1, -0.05) is 6.08 Å². The highest BCUT2D eigenvalue weighted by Crippen LogP contribution is 2.04. The third-order valence-corrected chi connectivity index (χ3v) is 1.75. The topological polar surface area (TPSA) is 34.9 Å². The minimum atomic E-state index is 0.00551. The number of allylic oxidation sites excluding steroid dienone is 1. The van der Waals surface area contributed by atoms with E-state index in [4.69, 9.17) is 0 Å². The highest BCUT2D eigenvalue weighted by molar-refractivity contribution is 5.27. The summed E-state index contributed by atoms with van der Waals surface area (Å²) in [6.45, 7) is 0. The average molecular weight is 148 g/mol. The molecule has 0 bridgehead atoms. The zero-order chi connectivity index (χ0) is 7.68. The Hall–Kier alpha value is -1.38. The fourth-order valence-electron chi connectivity index (χ4n) is 1.19. The number of aryl methyl sites for hydroxylation is 1. The van der Waals surface area contributed by atoms with Crippen molar-refractivity contribution in [2.45, 2.75) is 12.8 Å². The highest BCUT2D eigenvalue weighted by atomic mass is 16.1. The molecule has 0 spiro atoms. The summed E-state index contributed by atoms with van der Waals surface area (Å²) < 4.78 is 1.59. The van der Waals surface area contributed by atoms with Crippen molar-refractivity contribution < 1.29 is 0 Å². The molecule has 0 saturated carbocycles. The number of nitrogens with zero attached hydrogens (tertiary/aromatic N) is 2. The minimum Gasteiger partial charge on any atom is -0.272 e. The number of rotatable bonds is 0. The summed E-state index contributed by atoms with van der Waals surface area (Å²) >= 11 is 0. The van der Waals surface area contributed by atoms with E-state index in [0.717, 1.165) is 18.7 Å². The van der Waals surface area contributed by atoms with Gasteiger partial charge in [0.1, 0.15) is 5.82 Å². The van der Waals surface area contributed by atoms with E-state index in [0.29, 0.717) is 0 Å². The molecule has 0 radical (unpaired) electrons. The summed E-state index contributed by atoms with van der Waals surface area (Å²) in [6.07, 6.45) is 7.18. The van der Waals surface area contributed by atoms with E-state index in [2.05, 4.69) is 4.98 Å². The van der Waals surface area contributed by atoms with Gasteiger partial charge in [0.15, 0.2) is 0 Å². The standard InChI is InChI=1S/C8H8N2O/c11-8-4-5-9-7-3-1-2-6-10(7)8/h2,4-6H,1,3H2. The van der Waals surface area contributed by atoms with Crippen molar-refractivity contribution >= 4 is 6.20 Å². The maximum atomic E-state index is 11.1. The molecular formula is C8H8N2O. The second-order valence-corrected chi connectivity index (χ2v) is 2.49. The van der Waals surface area contributed by atoms with Crippen LogP contribution < -0.4 is 5.56 Å². The van der Waals surface area contributed by atoms with Crippen molar-refractivity contribution in [1.82, 2.24) is 9.55 Å². The molecule has 1 aliphatic heterocycles. The van der Waals surface area contributed by atoms with Gasteiger partial charge in [-0.2, -0.15) is 0 Å². The fraction of sp³-hybridized carbons (Fsp3) is 0.250. The number of hydrogen-bond donors (Lipinski definition) is 0. The summed E-state index contributed by atoms with van der Waals surface area (Å²) in [6, 6.07) is 1.47. The number of fused-ring (bicyclic) bond motifs is 1. The Kier molecular flexibility index (Phi) is 1.35. The molecule has 0 atom stereocenters. The normalized spacial score (nSPS) is 14.5. The van der Waals surface area contributed by atoms with Crippen molar-refractivity contribution in [2.24, 2.45) is 0 Å². The van der Waals surface area contributed by atoms with Crippen LogP contribution in [0.2, 0.25) is 0 Å². The highest BCUT2D eigenvalue weighted by Gasteiger charge is 2.04. The van der Waals surface area contributed by atoms with Gasteiger partial charge in [-0.25, -0.2) is 4.98 Å². The van der Waals surface area contributed by atoms with Gasteiger partial charge in [0, 0.05) is 24.9 Å².